The second kappa shape index (κ2) is 8.38. The molecule has 1 fully saturated rings. The van der Waals surface area contributed by atoms with Crippen LogP contribution in [0.3, 0.4) is 0 Å². The largest absolute Gasteiger partial charge is 0.491 e. The van der Waals surface area contributed by atoms with Gasteiger partial charge in [-0.1, -0.05) is 0 Å². The van der Waals surface area contributed by atoms with Crippen molar-refractivity contribution in [3.05, 3.63) is 24.3 Å². The average Bonchev–Trinajstić information content (AvgIpc) is 2.54. The van der Waals surface area contributed by atoms with E-state index in [9.17, 15) is 4.79 Å². The number of hydrogen-bond donors (Lipinski definition) is 0. The van der Waals surface area contributed by atoms with Gasteiger partial charge in [0.2, 0.25) is 0 Å². The molecule has 0 saturated carbocycles. The van der Waals surface area contributed by atoms with E-state index in [1.807, 2.05) is 32.9 Å². The molecule has 1 aliphatic rings. The van der Waals surface area contributed by atoms with Crippen LogP contribution in [-0.2, 0) is 14.3 Å². The van der Waals surface area contributed by atoms with Gasteiger partial charge in [-0.15, -0.1) is 0 Å². The van der Waals surface area contributed by atoms with E-state index in [1.165, 1.54) is 0 Å². The van der Waals surface area contributed by atoms with Crippen LogP contribution in [-0.4, -0.2) is 45.0 Å². The number of nitrogens with zero attached hydrogens (tertiary/aromatic N) is 1. The second-order valence-electron chi connectivity index (χ2n) is 7.13. The van der Waals surface area contributed by atoms with Crippen LogP contribution in [0.1, 0.15) is 33.6 Å². The van der Waals surface area contributed by atoms with Crippen molar-refractivity contribution < 1.29 is 19.0 Å². The van der Waals surface area contributed by atoms with E-state index < -0.39 is 5.60 Å². The van der Waals surface area contributed by atoms with Crippen LogP contribution in [0, 0.1) is 5.92 Å². The second-order valence-corrected chi connectivity index (χ2v) is 7.13. The summed E-state index contributed by atoms with van der Waals surface area (Å²) in [6, 6.07) is 8.09. The maximum atomic E-state index is 12.2. The Bertz CT molecular complexity index is 513. The summed E-state index contributed by atoms with van der Waals surface area (Å²) in [6.07, 6.45) is 1.67. The highest BCUT2D eigenvalue weighted by atomic mass is 16.6. The molecule has 0 unspecified atom stereocenters. The molecule has 1 heterocycles. The van der Waals surface area contributed by atoms with Crippen LogP contribution >= 0.6 is 0 Å². The maximum absolute atomic E-state index is 12.2. The summed E-state index contributed by atoms with van der Waals surface area (Å²) < 4.78 is 16.0. The van der Waals surface area contributed by atoms with Gasteiger partial charge in [-0.25, -0.2) is 0 Å². The zero-order valence-corrected chi connectivity index (χ0v) is 15.2. The highest BCUT2D eigenvalue weighted by Gasteiger charge is 2.29. The first-order valence-corrected chi connectivity index (χ1v) is 8.58. The van der Waals surface area contributed by atoms with E-state index in [-0.39, 0.29) is 11.9 Å². The van der Waals surface area contributed by atoms with Crippen LogP contribution in [0.2, 0.25) is 0 Å². The number of hydrogen-bond acceptors (Lipinski definition) is 5. The monoisotopic (exact) mass is 335 g/mol. The van der Waals surface area contributed by atoms with Crippen molar-refractivity contribution >= 4 is 11.7 Å². The summed E-state index contributed by atoms with van der Waals surface area (Å²) in [6.45, 7) is 8.61. The molecule has 5 heteroatoms. The van der Waals surface area contributed by atoms with E-state index in [0.717, 1.165) is 37.4 Å². The normalized spacial score (nSPS) is 16.1. The number of carbonyl (C=O) groups is 1. The molecular weight excluding hydrogens is 306 g/mol. The molecule has 0 bridgehead atoms. The van der Waals surface area contributed by atoms with Crippen molar-refractivity contribution in [1.82, 2.24) is 0 Å². The van der Waals surface area contributed by atoms with Crippen LogP contribution in [0.5, 0.6) is 5.75 Å². The van der Waals surface area contributed by atoms with Crippen LogP contribution in [0.15, 0.2) is 24.3 Å². The Morgan fingerprint density at radius 1 is 1.12 bits per heavy atom. The van der Waals surface area contributed by atoms with Crippen molar-refractivity contribution in [2.45, 2.75) is 39.2 Å². The van der Waals surface area contributed by atoms with Gasteiger partial charge < -0.3 is 19.1 Å². The molecule has 0 spiro atoms. The molecule has 1 saturated heterocycles. The standard InChI is InChI=1S/C19H29NO4/c1-19(2,3)24-18(21)15-9-11-20(12-10-15)16-5-7-17(8-6-16)23-14-13-22-4/h5-8,15H,9-14H2,1-4H3. The van der Waals surface area contributed by atoms with E-state index in [4.69, 9.17) is 14.2 Å². The minimum absolute atomic E-state index is 0.0112. The lowest BCUT2D eigenvalue weighted by molar-refractivity contribution is -0.160. The lowest BCUT2D eigenvalue weighted by Crippen LogP contribution is -2.38. The molecule has 1 aliphatic heterocycles. The zero-order valence-electron chi connectivity index (χ0n) is 15.2. The molecule has 5 nitrogen and oxygen atoms in total. The van der Waals surface area contributed by atoms with Crippen LogP contribution in [0.4, 0.5) is 5.69 Å². The quantitative estimate of drug-likeness (QED) is 0.590. The topological polar surface area (TPSA) is 48.0 Å². The number of rotatable bonds is 6. The van der Waals surface area contributed by atoms with Crippen LogP contribution in [0.25, 0.3) is 0 Å². The molecule has 0 aromatic heterocycles. The highest BCUT2D eigenvalue weighted by Crippen LogP contribution is 2.26. The van der Waals surface area contributed by atoms with Gasteiger partial charge in [0, 0.05) is 25.9 Å². The van der Waals surface area contributed by atoms with E-state index in [0.29, 0.717) is 13.2 Å². The van der Waals surface area contributed by atoms with Gasteiger partial charge in [0.15, 0.2) is 0 Å². The van der Waals surface area contributed by atoms with E-state index in [1.54, 1.807) is 7.11 Å². The molecule has 134 valence electrons. The highest BCUT2D eigenvalue weighted by molar-refractivity contribution is 5.73. The predicted molar refractivity (Wildman–Crippen MR) is 94.6 cm³/mol. The predicted octanol–water partition coefficient (Wildman–Crippen LogP) is 3.27. The Kier molecular flexibility index (Phi) is 6.49. The minimum atomic E-state index is -0.410. The Hall–Kier alpha value is -1.75. The number of piperidine rings is 1. The van der Waals surface area contributed by atoms with Crippen molar-refractivity contribution in [3.8, 4) is 5.75 Å². The maximum Gasteiger partial charge on any atom is 0.309 e. The lowest BCUT2D eigenvalue weighted by Gasteiger charge is -2.34. The fourth-order valence-corrected chi connectivity index (χ4v) is 2.75. The van der Waals surface area contributed by atoms with Crippen molar-refractivity contribution in [3.63, 3.8) is 0 Å². The van der Waals surface area contributed by atoms with Gasteiger partial charge >= 0.3 is 5.97 Å². The van der Waals surface area contributed by atoms with Crippen molar-refractivity contribution in [2.24, 2.45) is 5.92 Å². The Labute approximate surface area is 144 Å². The molecule has 1 aromatic carbocycles. The third-order valence-corrected chi connectivity index (χ3v) is 3.99. The SMILES string of the molecule is COCCOc1ccc(N2CCC(C(=O)OC(C)(C)C)CC2)cc1. The Morgan fingerprint density at radius 2 is 1.75 bits per heavy atom. The van der Waals surface area contributed by atoms with Gasteiger partial charge in [0.05, 0.1) is 12.5 Å². The first kappa shape index (κ1) is 18.6. The molecule has 2 rings (SSSR count). The number of benzene rings is 1. The van der Waals surface area contributed by atoms with Gasteiger partial charge in [0.25, 0.3) is 0 Å². The summed E-state index contributed by atoms with van der Waals surface area (Å²) >= 11 is 0. The summed E-state index contributed by atoms with van der Waals surface area (Å²) in [5, 5.41) is 0. The zero-order chi connectivity index (χ0) is 17.6. The molecular formula is C19H29NO4. The number of methoxy groups -OCH3 is 1. The van der Waals surface area contributed by atoms with Gasteiger partial charge in [-0.05, 0) is 57.9 Å². The van der Waals surface area contributed by atoms with Gasteiger partial charge in [-0.2, -0.15) is 0 Å². The molecule has 24 heavy (non-hydrogen) atoms. The lowest BCUT2D eigenvalue weighted by atomic mass is 9.96. The molecule has 0 radical (unpaired) electrons. The first-order chi connectivity index (χ1) is 11.4. The van der Waals surface area contributed by atoms with Crippen molar-refractivity contribution in [1.29, 1.82) is 0 Å². The van der Waals surface area contributed by atoms with E-state index in [2.05, 4.69) is 17.0 Å². The fraction of sp³-hybridized carbons (Fsp3) is 0.632. The number of carbonyl (C=O) groups excluding carboxylic acids is 1. The molecule has 0 amide bonds. The third kappa shape index (κ3) is 5.71. The Morgan fingerprint density at radius 3 is 2.29 bits per heavy atom. The first-order valence-electron chi connectivity index (χ1n) is 8.58. The average molecular weight is 335 g/mol. The third-order valence-electron chi connectivity index (χ3n) is 3.99. The summed E-state index contributed by atoms with van der Waals surface area (Å²) in [4.78, 5) is 14.5. The number of ether oxygens (including phenoxy) is 3. The van der Waals surface area contributed by atoms with Gasteiger partial charge in [0.1, 0.15) is 18.0 Å². The fourth-order valence-electron chi connectivity index (χ4n) is 2.75. The smallest absolute Gasteiger partial charge is 0.309 e. The number of esters is 1. The van der Waals surface area contributed by atoms with Crippen LogP contribution < -0.4 is 9.64 Å². The van der Waals surface area contributed by atoms with Gasteiger partial charge in [-0.3, -0.25) is 4.79 Å². The summed E-state index contributed by atoms with van der Waals surface area (Å²) in [7, 11) is 1.66. The molecule has 0 aliphatic carbocycles. The van der Waals surface area contributed by atoms with Crippen molar-refractivity contribution in [2.75, 3.05) is 38.3 Å². The molecule has 0 N–H and O–H groups in total. The molecule has 1 aromatic rings. The number of anilines is 1. The minimum Gasteiger partial charge on any atom is -0.491 e. The Balaban J connectivity index is 1.82. The summed E-state index contributed by atoms with van der Waals surface area (Å²) in [5.74, 6) is 0.792. The molecule has 0 atom stereocenters. The summed E-state index contributed by atoms with van der Waals surface area (Å²) in [5.41, 5.74) is 0.754. The van der Waals surface area contributed by atoms with E-state index >= 15 is 0 Å².